The molecule has 0 aliphatic heterocycles. The maximum atomic E-state index is 14.0. The molecule has 0 radical (unpaired) electrons. The molecule has 0 bridgehead atoms. The van der Waals surface area contributed by atoms with E-state index in [0.29, 0.717) is 12.1 Å². The summed E-state index contributed by atoms with van der Waals surface area (Å²) in [6, 6.07) is 1.10. The van der Waals surface area contributed by atoms with Crippen molar-refractivity contribution < 1.29 is 4.39 Å². The summed E-state index contributed by atoms with van der Waals surface area (Å²) in [5.41, 5.74) is 3.87. The minimum Gasteiger partial charge on any atom is -0.308 e. The predicted octanol–water partition coefficient (Wildman–Crippen LogP) is 1.29. The number of hydrogen-bond acceptors (Lipinski definition) is 5. The number of rotatable bonds is 6. The number of nitrogens with zero attached hydrogens (tertiary/aromatic N) is 4. The Labute approximate surface area is 131 Å². The van der Waals surface area contributed by atoms with E-state index in [1.165, 1.54) is 12.4 Å². The highest BCUT2D eigenvalue weighted by atomic mass is 79.9. The molecular weight excluding hydrogens is 339 g/mol. The lowest BCUT2D eigenvalue weighted by Gasteiger charge is -2.20. The number of halogens is 2. The largest absolute Gasteiger partial charge is 0.308 e. The molecule has 1 unspecified atom stereocenters. The van der Waals surface area contributed by atoms with Gasteiger partial charge in [-0.15, -0.1) is 0 Å². The van der Waals surface area contributed by atoms with Crippen molar-refractivity contribution in [2.75, 3.05) is 20.6 Å². The van der Waals surface area contributed by atoms with Crippen LogP contribution in [-0.4, -0.2) is 40.3 Å². The summed E-state index contributed by atoms with van der Waals surface area (Å²) in [4.78, 5) is 5.82. The van der Waals surface area contributed by atoms with E-state index in [9.17, 15) is 4.39 Å². The van der Waals surface area contributed by atoms with Gasteiger partial charge >= 0.3 is 0 Å². The van der Waals surface area contributed by atoms with Gasteiger partial charge in [0.05, 0.1) is 35.1 Å². The first-order valence-electron chi connectivity index (χ1n) is 6.46. The summed E-state index contributed by atoms with van der Waals surface area (Å²) in [5.74, 6) is 5.24. The molecule has 0 fully saturated rings. The van der Waals surface area contributed by atoms with E-state index < -0.39 is 11.9 Å². The van der Waals surface area contributed by atoms with Crippen LogP contribution in [0.1, 0.15) is 17.3 Å². The van der Waals surface area contributed by atoms with E-state index in [-0.39, 0.29) is 0 Å². The molecular formula is C13H18BrFN6. The summed E-state index contributed by atoms with van der Waals surface area (Å²) in [6.07, 6.45) is 4.40. The van der Waals surface area contributed by atoms with Crippen LogP contribution < -0.4 is 11.3 Å². The Hall–Kier alpha value is -1.35. The minimum absolute atomic E-state index is 0.410. The average Bonchev–Trinajstić information content (AvgIpc) is 2.81. The van der Waals surface area contributed by atoms with Crippen molar-refractivity contribution in [1.29, 1.82) is 0 Å². The molecule has 0 amide bonds. The lowest BCUT2D eigenvalue weighted by Crippen LogP contribution is -2.32. The third-order valence-electron chi connectivity index (χ3n) is 3.15. The van der Waals surface area contributed by atoms with Gasteiger partial charge in [-0.1, -0.05) is 0 Å². The Kier molecular flexibility index (Phi) is 5.40. The second kappa shape index (κ2) is 7.08. The summed E-state index contributed by atoms with van der Waals surface area (Å²) in [6.45, 7) is 1.50. The zero-order chi connectivity index (χ0) is 15.4. The summed E-state index contributed by atoms with van der Waals surface area (Å²) >= 11 is 3.46. The lowest BCUT2D eigenvalue weighted by molar-refractivity contribution is 0.365. The first-order chi connectivity index (χ1) is 10.0. The van der Waals surface area contributed by atoms with Crippen molar-refractivity contribution in [3.05, 3.63) is 46.2 Å². The molecule has 0 aromatic carbocycles. The molecule has 0 spiro atoms. The molecule has 3 N–H and O–H groups in total. The van der Waals surface area contributed by atoms with Gasteiger partial charge in [0.1, 0.15) is 5.82 Å². The Balaban J connectivity index is 2.38. The topological polar surface area (TPSA) is 72.0 Å². The molecule has 0 saturated carbocycles. The highest BCUT2D eigenvalue weighted by molar-refractivity contribution is 9.10. The molecule has 2 rings (SSSR count). The Morgan fingerprint density at radius 1 is 1.48 bits per heavy atom. The zero-order valence-electron chi connectivity index (χ0n) is 11.9. The van der Waals surface area contributed by atoms with Gasteiger partial charge in [-0.25, -0.2) is 9.82 Å². The number of nitrogens with one attached hydrogen (secondary N) is 1. The van der Waals surface area contributed by atoms with E-state index in [0.717, 1.165) is 16.7 Å². The molecule has 8 heteroatoms. The number of hydrazine groups is 1. The molecule has 0 saturated heterocycles. The van der Waals surface area contributed by atoms with E-state index in [1.807, 2.05) is 18.8 Å². The number of pyridine rings is 1. The van der Waals surface area contributed by atoms with Crippen molar-refractivity contribution >= 4 is 15.9 Å². The van der Waals surface area contributed by atoms with Gasteiger partial charge in [0, 0.05) is 18.3 Å². The molecule has 0 aliphatic carbocycles. The monoisotopic (exact) mass is 356 g/mol. The van der Waals surface area contributed by atoms with Gasteiger partial charge in [-0.3, -0.25) is 15.5 Å². The van der Waals surface area contributed by atoms with Crippen LogP contribution in [0, 0.1) is 5.82 Å². The number of aromatic nitrogens is 3. The maximum Gasteiger partial charge on any atom is 0.146 e. The van der Waals surface area contributed by atoms with Gasteiger partial charge < -0.3 is 4.90 Å². The molecule has 114 valence electrons. The van der Waals surface area contributed by atoms with Gasteiger partial charge in [-0.2, -0.15) is 5.10 Å². The van der Waals surface area contributed by atoms with Crippen LogP contribution in [0.2, 0.25) is 0 Å². The van der Waals surface area contributed by atoms with E-state index in [4.69, 9.17) is 5.84 Å². The summed E-state index contributed by atoms with van der Waals surface area (Å²) in [7, 11) is 3.97. The molecule has 2 aromatic rings. The molecule has 6 nitrogen and oxygen atoms in total. The van der Waals surface area contributed by atoms with Crippen LogP contribution in [0.15, 0.2) is 29.1 Å². The Bertz CT molecular complexity index is 600. The van der Waals surface area contributed by atoms with Gasteiger partial charge in [0.25, 0.3) is 0 Å². The van der Waals surface area contributed by atoms with Crippen molar-refractivity contribution in [2.45, 2.75) is 12.6 Å². The van der Waals surface area contributed by atoms with Crippen LogP contribution >= 0.6 is 15.9 Å². The van der Waals surface area contributed by atoms with E-state index >= 15 is 0 Å². The standard InChI is InChI=1S/C13H18BrFN6/c1-20(2)5-6-21-13(10(14)7-18-21)12(19-16)9-3-4-17-8-11(9)15/h3-4,7-8,12,19H,5-6,16H2,1-2H3. The van der Waals surface area contributed by atoms with Gasteiger partial charge in [-0.05, 0) is 36.1 Å². The highest BCUT2D eigenvalue weighted by Crippen LogP contribution is 2.29. The fourth-order valence-electron chi connectivity index (χ4n) is 2.07. The zero-order valence-corrected chi connectivity index (χ0v) is 13.5. The fourth-order valence-corrected chi connectivity index (χ4v) is 2.59. The third-order valence-corrected chi connectivity index (χ3v) is 3.76. The van der Waals surface area contributed by atoms with E-state index in [1.54, 1.807) is 12.3 Å². The number of nitrogens with two attached hydrogens (primary N) is 1. The van der Waals surface area contributed by atoms with E-state index in [2.05, 4.69) is 36.3 Å². The summed E-state index contributed by atoms with van der Waals surface area (Å²) in [5, 5.41) is 4.32. The molecule has 21 heavy (non-hydrogen) atoms. The number of likely N-dealkylation sites (N-methyl/N-ethyl adjacent to an activating group) is 1. The highest BCUT2D eigenvalue weighted by Gasteiger charge is 2.23. The quantitative estimate of drug-likeness (QED) is 0.602. The Morgan fingerprint density at radius 2 is 2.24 bits per heavy atom. The smallest absolute Gasteiger partial charge is 0.146 e. The van der Waals surface area contributed by atoms with Crippen LogP contribution in [0.25, 0.3) is 0 Å². The summed E-state index contributed by atoms with van der Waals surface area (Å²) < 4.78 is 16.6. The van der Waals surface area contributed by atoms with Crippen LogP contribution in [0.5, 0.6) is 0 Å². The molecule has 2 heterocycles. The number of hydrogen-bond donors (Lipinski definition) is 2. The van der Waals surface area contributed by atoms with Crippen molar-refractivity contribution in [1.82, 2.24) is 25.1 Å². The molecule has 1 atom stereocenters. The van der Waals surface area contributed by atoms with Crippen molar-refractivity contribution in [2.24, 2.45) is 5.84 Å². The first-order valence-corrected chi connectivity index (χ1v) is 7.25. The molecule has 0 aliphatic rings. The van der Waals surface area contributed by atoms with Crippen LogP contribution in [0.4, 0.5) is 4.39 Å². The fraction of sp³-hybridized carbons (Fsp3) is 0.385. The SMILES string of the molecule is CN(C)CCn1ncc(Br)c1C(NN)c1ccncc1F. The predicted molar refractivity (Wildman–Crippen MR) is 81.8 cm³/mol. The Morgan fingerprint density at radius 3 is 2.86 bits per heavy atom. The van der Waals surface area contributed by atoms with Crippen LogP contribution in [0.3, 0.4) is 0 Å². The van der Waals surface area contributed by atoms with Gasteiger partial charge in [0.2, 0.25) is 0 Å². The van der Waals surface area contributed by atoms with Crippen molar-refractivity contribution in [3.63, 3.8) is 0 Å². The molecule has 2 aromatic heterocycles. The average molecular weight is 357 g/mol. The third kappa shape index (κ3) is 3.65. The van der Waals surface area contributed by atoms with Crippen molar-refractivity contribution in [3.8, 4) is 0 Å². The second-order valence-corrected chi connectivity index (χ2v) is 5.76. The van der Waals surface area contributed by atoms with Gasteiger partial charge in [0.15, 0.2) is 0 Å². The first kappa shape index (κ1) is 16.0. The van der Waals surface area contributed by atoms with Crippen LogP contribution in [-0.2, 0) is 6.54 Å². The lowest BCUT2D eigenvalue weighted by atomic mass is 10.1. The minimum atomic E-state index is -0.507. The normalized spacial score (nSPS) is 12.9. The maximum absolute atomic E-state index is 14.0. The second-order valence-electron chi connectivity index (χ2n) is 4.90.